The lowest BCUT2D eigenvalue weighted by atomic mass is 10.1. The molecule has 2 aromatic heterocycles. The van der Waals surface area contributed by atoms with Crippen LogP contribution in [0.4, 0.5) is 4.39 Å². The summed E-state index contributed by atoms with van der Waals surface area (Å²) < 4.78 is 33.6. The van der Waals surface area contributed by atoms with E-state index >= 15 is 0 Å². The maximum Gasteiger partial charge on any atom is 0.335 e. The Hall–Kier alpha value is -4.18. The van der Waals surface area contributed by atoms with E-state index in [0.717, 1.165) is 6.42 Å². The van der Waals surface area contributed by atoms with Crippen molar-refractivity contribution in [2.75, 3.05) is 6.61 Å². The minimum Gasteiger partial charge on any atom is -0.478 e. The number of halogens is 3. The number of nitrogens with zero attached hydrogens (tertiary/aromatic N) is 3. The fourth-order valence-corrected chi connectivity index (χ4v) is 4.74. The van der Waals surface area contributed by atoms with Gasteiger partial charge in [0.1, 0.15) is 5.75 Å². The van der Waals surface area contributed by atoms with Crippen LogP contribution in [0, 0.1) is 0 Å². The van der Waals surface area contributed by atoms with Gasteiger partial charge in [-0.2, -0.15) is 9.37 Å². The minimum absolute atomic E-state index is 0.0229. The zero-order chi connectivity index (χ0) is 28.5. The van der Waals surface area contributed by atoms with Gasteiger partial charge in [-0.1, -0.05) is 41.4 Å². The van der Waals surface area contributed by atoms with Gasteiger partial charge < -0.3 is 19.3 Å². The van der Waals surface area contributed by atoms with Crippen molar-refractivity contribution in [1.29, 1.82) is 0 Å². The second-order valence-electron chi connectivity index (χ2n) is 9.39. The number of rotatable bonds is 9. The van der Waals surface area contributed by atoms with Gasteiger partial charge >= 0.3 is 12.0 Å². The number of aromatic carboxylic acids is 1. The normalized spacial score (nSPS) is 15.3. The van der Waals surface area contributed by atoms with Crippen molar-refractivity contribution in [2.24, 2.45) is 0 Å². The molecule has 1 aliphatic heterocycles. The first-order valence-corrected chi connectivity index (χ1v) is 13.5. The van der Waals surface area contributed by atoms with Gasteiger partial charge in [0.05, 0.1) is 40.0 Å². The molecular formula is C30H22Cl2FN3O5. The molecule has 0 amide bonds. The van der Waals surface area contributed by atoms with Crippen molar-refractivity contribution in [1.82, 2.24) is 14.5 Å². The van der Waals surface area contributed by atoms with Crippen molar-refractivity contribution < 1.29 is 28.5 Å². The Kier molecular flexibility index (Phi) is 7.49. The number of carboxylic acids is 1. The van der Waals surface area contributed by atoms with E-state index in [0.29, 0.717) is 56.8 Å². The Morgan fingerprint density at radius 2 is 1.88 bits per heavy atom. The molecule has 1 aliphatic rings. The van der Waals surface area contributed by atoms with Gasteiger partial charge in [0.25, 0.3) is 6.36 Å². The largest absolute Gasteiger partial charge is 0.478 e. The van der Waals surface area contributed by atoms with Gasteiger partial charge in [-0.05, 0) is 61.0 Å². The predicted molar refractivity (Wildman–Crippen MR) is 152 cm³/mol. The van der Waals surface area contributed by atoms with Crippen LogP contribution in [0.15, 0.2) is 78.9 Å². The molecule has 0 spiro atoms. The number of imidazole rings is 1. The van der Waals surface area contributed by atoms with Crippen LogP contribution in [0.25, 0.3) is 22.3 Å². The molecule has 1 saturated heterocycles. The number of fused-ring (bicyclic) bond motifs is 1. The highest BCUT2D eigenvalue weighted by Crippen LogP contribution is 2.35. The fraction of sp³-hybridized carbons (Fsp3) is 0.167. The molecule has 3 heterocycles. The van der Waals surface area contributed by atoms with Crippen LogP contribution >= 0.6 is 23.2 Å². The molecule has 8 nitrogen and oxygen atoms in total. The third-order valence-electron chi connectivity index (χ3n) is 6.65. The molecule has 2 atom stereocenters. The van der Waals surface area contributed by atoms with Crippen molar-refractivity contribution in [3.05, 3.63) is 100 Å². The van der Waals surface area contributed by atoms with Crippen molar-refractivity contribution in [3.8, 4) is 28.9 Å². The Morgan fingerprint density at radius 1 is 1.07 bits per heavy atom. The summed E-state index contributed by atoms with van der Waals surface area (Å²) >= 11 is 12.5. The summed E-state index contributed by atoms with van der Waals surface area (Å²) in [5.74, 6) is -0.580. The number of carboxylic acid groups (broad SMARTS) is 1. The number of pyridine rings is 1. The number of benzene rings is 3. The molecule has 0 aliphatic carbocycles. The molecule has 41 heavy (non-hydrogen) atoms. The second kappa shape index (κ2) is 11.4. The van der Waals surface area contributed by atoms with Gasteiger partial charge in [0, 0.05) is 28.8 Å². The molecule has 6 rings (SSSR count). The van der Waals surface area contributed by atoms with E-state index in [2.05, 4.69) is 9.97 Å². The van der Waals surface area contributed by atoms with Gasteiger partial charge in [0.2, 0.25) is 5.88 Å². The maximum absolute atomic E-state index is 14.7. The molecule has 11 heteroatoms. The van der Waals surface area contributed by atoms with Gasteiger partial charge in [-0.15, -0.1) is 0 Å². The average molecular weight is 594 g/mol. The first-order chi connectivity index (χ1) is 19.8. The van der Waals surface area contributed by atoms with Crippen LogP contribution in [0.3, 0.4) is 0 Å². The van der Waals surface area contributed by atoms with E-state index in [-0.39, 0.29) is 23.6 Å². The summed E-state index contributed by atoms with van der Waals surface area (Å²) in [6, 6.07) is 21.4. The highest BCUT2D eigenvalue weighted by Gasteiger charge is 2.24. The molecule has 3 aromatic carbocycles. The summed E-state index contributed by atoms with van der Waals surface area (Å²) in [7, 11) is 0. The molecule has 0 radical (unpaired) electrons. The summed E-state index contributed by atoms with van der Waals surface area (Å²) in [6.45, 7) is 1.13. The van der Waals surface area contributed by atoms with E-state index in [4.69, 9.17) is 37.4 Å². The number of alkyl halides is 1. The molecule has 1 fully saturated rings. The number of carbonyl (C=O) groups is 1. The Morgan fingerprint density at radius 3 is 2.59 bits per heavy atom. The van der Waals surface area contributed by atoms with Crippen LogP contribution in [0.2, 0.25) is 10.0 Å². The number of ether oxygens (including phenoxy) is 3. The first kappa shape index (κ1) is 27.0. The molecule has 1 unspecified atom stereocenters. The summed E-state index contributed by atoms with van der Waals surface area (Å²) in [4.78, 5) is 20.5. The third-order valence-corrected chi connectivity index (χ3v) is 7.20. The molecule has 0 bridgehead atoms. The fourth-order valence-electron chi connectivity index (χ4n) is 4.39. The SMILES string of the molecule is O=C(O)c1ccc2nc(Oc3ccc(-c4cccc(OC(F)c5ccc(Cl)cc5)n4)cc3Cl)n(C[C@@H]3CCO3)c2c1. The van der Waals surface area contributed by atoms with Crippen molar-refractivity contribution in [3.63, 3.8) is 0 Å². The standard InChI is InChI=1S/C30H22Cl2FN3O5/c31-20-8-4-17(5-9-20)28(33)41-27-3-1-2-23(34-27)18-7-11-26(22(32)14-18)40-30-35-24-10-6-19(29(37)38)15-25(24)36(30)16-21-12-13-39-21/h1-11,14-15,21,28H,12-13,16H2,(H,37,38)/t21-,28?/m0/s1. The van der Waals surface area contributed by atoms with Gasteiger partial charge in [0.15, 0.2) is 0 Å². The maximum atomic E-state index is 14.7. The molecule has 1 N–H and O–H groups in total. The summed E-state index contributed by atoms with van der Waals surface area (Å²) in [5.41, 5.74) is 2.86. The lowest BCUT2D eigenvalue weighted by Gasteiger charge is -2.27. The highest BCUT2D eigenvalue weighted by atomic mass is 35.5. The minimum atomic E-state index is -1.72. The quantitative estimate of drug-likeness (QED) is 0.187. The molecule has 0 saturated carbocycles. The Balaban J connectivity index is 1.25. The monoisotopic (exact) mass is 593 g/mol. The highest BCUT2D eigenvalue weighted by molar-refractivity contribution is 6.32. The van der Waals surface area contributed by atoms with Crippen LogP contribution in [0.1, 0.15) is 28.7 Å². The van der Waals surface area contributed by atoms with E-state index in [9.17, 15) is 14.3 Å². The topological polar surface area (TPSA) is 95.7 Å². The van der Waals surface area contributed by atoms with Crippen molar-refractivity contribution in [2.45, 2.75) is 25.4 Å². The van der Waals surface area contributed by atoms with E-state index in [1.54, 1.807) is 77.4 Å². The van der Waals surface area contributed by atoms with Crippen molar-refractivity contribution >= 4 is 40.2 Å². The Labute approximate surface area is 243 Å². The number of hydrogen-bond acceptors (Lipinski definition) is 6. The lowest BCUT2D eigenvalue weighted by molar-refractivity contribution is -0.0593. The molecule has 208 valence electrons. The smallest absolute Gasteiger partial charge is 0.335 e. The third kappa shape index (κ3) is 5.83. The molecular weight excluding hydrogens is 572 g/mol. The van der Waals surface area contributed by atoms with E-state index < -0.39 is 12.3 Å². The summed E-state index contributed by atoms with van der Waals surface area (Å²) in [6.07, 6.45) is -0.859. The second-order valence-corrected chi connectivity index (χ2v) is 10.2. The zero-order valence-corrected chi connectivity index (χ0v) is 22.8. The predicted octanol–water partition coefficient (Wildman–Crippen LogP) is 7.73. The van der Waals surface area contributed by atoms with E-state index in [1.807, 2.05) is 0 Å². The Bertz CT molecular complexity index is 1740. The first-order valence-electron chi connectivity index (χ1n) is 12.7. The van der Waals surface area contributed by atoms with Crippen LogP contribution in [0.5, 0.6) is 17.6 Å². The van der Waals surface area contributed by atoms with Crippen LogP contribution < -0.4 is 9.47 Å². The number of aromatic nitrogens is 3. The average Bonchev–Trinajstić information content (AvgIpc) is 3.28. The van der Waals surface area contributed by atoms with Gasteiger partial charge in [-0.25, -0.2) is 9.78 Å². The van der Waals surface area contributed by atoms with Crippen LogP contribution in [-0.2, 0) is 11.3 Å². The summed E-state index contributed by atoms with van der Waals surface area (Å²) in [5, 5.41) is 10.3. The lowest BCUT2D eigenvalue weighted by Crippen LogP contribution is -2.31. The number of hydrogen-bond donors (Lipinski definition) is 1. The van der Waals surface area contributed by atoms with E-state index in [1.165, 1.54) is 6.07 Å². The molecule has 5 aromatic rings. The van der Waals surface area contributed by atoms with Crippen LogP contribution in [-0.4, -0.2) is 38.3 Å². The van der Waals surface area contributed by atoms with Gasteiger partial charge in [-0.3, -0.25) is 4.57 Å². The zero-order valence-electron chi connectivity index (χ0n) is 21.3.